The number of hydrogen-bond acceptors (Lipinski definition) is 10. The minimum Gasteiger partial charge on any atom is -0.253 e. The van der Waals surface area contributed by atoms with Crippen LogP contribution in [-0.2, 0) is 10.8 Å². The smallest absolute Gasteiger partial charge is 0.182 e. The predicted molar refractivity (Wildman–Crippen MR) is 385 cm³/mol. The van der Waals surface area contributed by atoms with Gasteiger partial charge in [0.15, 0.2) is 34.9 Å². The van der Waals surface area contributed by atoms with Gasteiger partial charge in [-0.05, 0) is 120 Å². The molecule has 12 aromatic carbocycles. The number of benzene rings is 12. The lowest BCUT2D eigenvalue weighted by atomic mass is 9.67. The Hall–Kier alpha value is -11.3. The van der Waals surface area contributed by atoms with Crippen molar-refractivity contribution in [2.45, 2.75) is 30.4 Å². The zero-order valence-corrected chi connectivity index (χ0v) is 53.1. The summed E-state index contributed by atoms with van der Waals surface area (Å²) in [6, 6.07) is 105. The lowest BCUT2D eigenvalue weighted by molar-refractivity contribution is 0.722. The minimum atomic E-state index is -0.649. The molecule has 2 aliphatic heterocycles. The first-order valence-electron chi connectivity index (χ1n) is 31.8. The Morgan fingerprint density at radius 1 is 0.253 bits per heavy atom. The van der Waals surface area contributed by atoms with Crippen LogP contribution in [0.4, 0.5) is 0 Å². The molecule has 4 aliphatic rings. The molecular formula is C85H49N7S3. The molecule has 4 aromatic heterocycles. The van der Waals surface area contributed by atoms with Crippen LogP contribution in [0.5, 0.6) is 0 Å². The molecule has 442 valence electrons. The van der Waals surface area contributed by atoms with Crippen LogP contribution in [0.15, 0.2) is 317 Å². The lowest BCUT2D eigenvalue weighted by Crippen LogP contribution is -2.32. The molecular weight excluding hydrogens is 1220 g/mol. The van der Waals surface area contributed by atoms with Crippen molar-refractivity contribution in [2.75, 3.05) is 0 Å². The summed E-state index contributed by atoms with van der Waals surface area (Å²) >= 11 is 5.42. The second kappa shape index (κ2) is 21.1. The first kappa shape index (κ1) is 54.3. The van der Waals surface area contributed by atoms with Crippen LogP contribution in [0, 0.1) is 0 Å². The largest absolute Gasteiger partial charge is 0.253 e. The Bertz CT molecular complexity index is 5790. The van der Waals surface area contributed by atoms with Gasteiger partial charge in [-0.3, -0.25) is 4.98 Å². The molecule has 0 saturated carbocycles. The molecule has 0 N–H and O–H groups in total. The summed E-state index contributed by atoms with van der Waals surface area (Å²) in [4.78, 5) is 41.2. The molecule has 1 unspecified atom stereocenters. The highest BCUT2D eigenvalue weighted by atomic mass is 32.2. The van der Waals surface area contributed by atoms with Gasteiger partial charge in [-0.1, -0.05) is 272 Å². The van der Waals surface area contributed by atoms with Crippen LogP contribution in [0.25, 0.3) is 122 Å². The van der Waals surface area contributed by atoms with E-state index < -0.39 is 10.8 Å². The summed E-state index contributed by atoms with van der Waals surface area (Å²) in [5.74, 6) is 3.62. The van der Waals surface area contributed by atoms with E-state index in [-0.39, 0.29) is 0 Å². The number of thiophene rings is 1. The van der Waals surface area contributed by atoms with Gasteiger partial charge in [0.2, 0.25) is 0 Å². The predicted octanol–water partition coefficient (Wildman–Crippen LogP) is 21.1. The van der Waals surface area contributed by atoms with E-state index in [1.807, 2.05) is 77.7 Å². The van der Waals surface area contributed by atoms with Gasteiger partial charge in [0.1, 0.15) is 5.69 Å². The van der Waals surface area contributed by atoms with E-state index in [4.69, 9.17) is 34.9 Å². The molecule has 2 spiro atoms. The maximum Gasteiger partial charge on any atom is 0.182 e. The summed E-state index contributed by atoms with van der Waals surface area (Å²) in [5.41, 5.74) is 21.6. The molecule has 10 heteroatoms. The summed E-state index contributed by atoms with van der Waals surface area (Å²) in [6.45, 7) is 0. The monoisotopic (exact) mass is 1260 g/mol. The van der Waals surface area contributed by atoms with Crippen LogP contribution in [0.2, 0.25) is 0 Å². The zero-order valence-electron chi connectivity index (χ0n) is 50.6. The topological polar surface area (TPSA) is 90.2 Å². The van der Waals surface area contributed by atoms with Crippen molar-refractivity contribution in [1.82, 2.24) is 34.9 Å². The van der Waals surface area contributed by atoms with E-state index in [1.54, 1.807) is 18.0 Å². The van der Waals surface area contributed by atoms with Gasteiger partial charge in [0.05, 0.1) is 10.8 Å². The standard InChI is InChI=1S/C85H49N7S3/c1-3-22-50(23-4-1)78-87-80(90-81(88-78)59-30-19-37-68-76(59)94-71-40-15-13-35-66(71)84(68)62-32-10-7-26-55(62)56-27-8-11-33-63(56)84)53-43-45-58-74(49-53)93-73-42-21-29-54(75(58)73)52-44-46-65-61(48-52)57-28-9-12-34-64(57)85(65)67-36-14-16-41-72(67)95-77-60(31-20-38-69(77)85)82-89-79(51-24-5-2-6-25-51)91-83(92-82)70-39-17-18-47-86-70/h1-49H. The Morgan fingerprint density at radius 3 is 1.26 bits per heavy atom. The Morgan fingerprint density at radius 2 is 0.684 bits per heavy atom. The van der Waals surface area contributed by atoms with Crippen molar-refractivity contribution >= 4 is 55.0 Å². The van der Waals surface area contributed by atoms with E-state index in [9.17, 15) is 0 Å². The molecule has 95 heavy (non-hydrogen) atoms. The highest BCUT2D eigenvalue weighted by Gasteiger charge is 2.52. The molecule has 0 amide bonds. The number of pyridine rings is 1. The molecule has 0 saturated heterocycles. The molecule has 20 rings (SSSR count). The van der Waals surface area contributed by atoms with Crippen molar-refractivity contribution in [3.05, 3.63) is 342 Å². The lowest BCUT2D eigenvalue weighted by Gasteiger charge is -2.40. The van der Waals surface area contributed by atoms with Crippen molar-refractivity contribution in [2.24, 2.45) is 0 Å². The number of rotatable bonds is 7. The molecule has 1 atom stereocenters. The third-order valence-electron chi connectivity index (χ3n) is 19.6. The van der Waals surface area contributed by atoms with Crippen molar-refractivity contribution in [3.63, 3.8) is 0 Å². The molecule has 6 heterocycles. The molecule has 16 aromatic rings. The van der Waals surface area contributed by atoms with E-state index >= 15 is 0 Å². The molecule has 7 nitrogen and oxygen atoms in total. The summed E-state index contributed by atoms with van der Waals surface area (Å²) < 4.78 is 2.37. The Balaban J connectivity index is 0.722. The second-order valence-corrected chi connectivity index (χ2v) is 27.7. The van der Waals surface area contributed by atoms with Crippen LogP contribution in [-0.4, -0.2) is 34.9 Å². The van der Waals surface area contributed by atoms with Gasteiger partial charge < -0.3 is 0 Å². The van der Waals surface area contributed by atoms with Gasteiger partial charge in [-0.25, -0.2) is 29.9 Å². The molecule has 0 fully saturated rings. The average Bonchev–Trinajstić information content (AvgIpc) is 1.58. The number of aromatic nitrogens is 7. The maximum absolute atomic E-state index is 5.52. The Labute approximate surface area is 560 Å². The van der Waals surface area contributed by atoms with E-state index in [2.05, 4.69) is 237 Å². The summed E-state index contributed by atoms with van der Waals surface area (Å²) in [7, 11) is 0. The van der Waals surface area contributed by atoms with E-state index in [0.29, 0.717) is 40.6 Å². The van der Waals surface area contributed by atoms with Gasteiger partial charge in [-0.15, -0.1) is 11.3 Å². The Kier molecular flexibility index (Phi) is 12.1. The zero-order chi connectivity index (χ0) is 62.3. The van der Waals surface area contributed by atoms with Gasteiger partial charge >= 0.3 is 0 Å². The average molecular weight is 1260 g/mol. The van der Waals surface area contributed by atoms with E-state index in [0.717, 1.165) is 47.9 Å². The highest BCUT2D eigenvalue weighted by Crippen LogP contribution is 2.65. The first-order valence-corrected chi connectivity index (χ1v) is 34.3. The number of hydrogen-bond donors (Lipinski definition) is 0. The number of nitrogens with zero attached hydrogens (tertiary/aromatic N) is 7. The molecule has 2 aliphatic carbocycles. The van der Waals surface area contributed by atoms with Crippen LogP contribution in [0.3, 0.4) is 0 Å². The summed E-state index contributed by atoms with van der Waals surface area (Å²) in [6.07, 6.45) is 1.79. The van der Waals surface area contributed by atoms with Crippen molar-refractivity contribution < 1.29 is 0 Å². The normalized spacial score (nSPS) is 14.8. The fourth-order valence-corrected chi connectivity index (χ4v) is 19.5. The minimum absolute atomic E-state index is 0.527. The highest BCUT2D eigenvalue weighted by molar-refractivity contribution is 8.00. The molecule has 0 bridgehead atoms. The first-order chi connectivity index (χ1) is 47.1. The maximum atomic E-state index is 5.52. The van der Waals surface area contributed by atoms with Crippen LogP contribution < -0.4 is 0 Å². The fourth-order valence-electron chi connectivity index (χ4n) is 15.7. The van der Waals surface area contributed by atoms with Crippen LogP contribution >= 0.6 is 34.9 Å². The summed E-state index contributed by atoms with van der Waals surface area (Å²) in [5, 5.41) is 2.42. The van der Waals surface area contributed by atoms with Gasteiger partial charge in [0.25, 0.3) is 0 Å². The third-order valence-corrected chi connectivity index (χ3v) is 23.2. The fraction of sp³-hybridized carbons (Fsp3) is 0.0235. The SMILES string of the molecule is c1ccc(-c2nc(-c3ccc4c(c3)sc3cccc(-c5ccc6c(c5)-c5ccccc5C65c6ccccc6Sc6c(-c7nc(-c8ccccc8)nc(-c8ccccn8)n7)cccc65)c34)nc(-c3cccc4c3Sc3ccccc3C43c4ccccc4-c4ccccc43)n2)cc1. The van der Waals surface area contributed by atoms with Crippen LogP contribution in [0.1, 0.15) is 44.5 Å². The quantitative estimate of drug-likeness (QED) is 0.155. The second-order valence-electron chi connectivity index (χ2n) is 24.5. The van der Waals surface area contributed by atoms with E-state index in [1.165, 1.54) is 97.6 Å². The number of fused-ring (bicyclic) bond motifs is 21. The van der Waals surface area contributed by atoms with Gasteiger partial charge in [-0.2, -0.15) is 0 Å². The third kappa shape index (κ3) is 7.99. The van der Waals surface area contributed by atoms with Crippen molar-refractivity contribution in [1.29, 1.82) is 0 Å². The van der Waals surface area contributed by atoms with Gasteiger partial charge in [0, 0.05) is 73.8 Å². The van der Waals surface area contributed by atoms with Crippen molar-refractivity contribution in [3.8, 4) is 102 Å². The molecule has 0 radical (unpaired) electrons.